The minimum absolute atomic E-state index is 0.00931. The van der Waals surface area contributed by atoms with E-state index in [-0.39, 0.29) is 25.6 Å². The molecule has 1 aliphatic rings. The van der Waals surface area contributed by atoms with Crippen molar-refractivity contribution in [3.63, 3.8) is 0 Å². The summed E-state index contributed by atoms with van der Waals surface area (Å²) < 4.78 is 26.8. The first-order valence-corrected chi connectivity index (χ1v) is 15.3. The summed E-state index contributed by atoms with van der Waals surface area (Å²) >= 11 is 0. The number of nitrogens with zero attached hydrogens (tertiary/aromatic N) is 1. The summed E-state index contributed by atoms with van der Waals surface area (Å²) in [7, 11) is -3.54. The van der Waals surface area contributed by atoms with E-state index in [1.54, 1.807) is 6.92 Å². The quantitative estimate of drug-likeness (QED) is 0.299. The average Bonchev–Trinajstić information content (AvgIpc) is 3.17. The summed E-state index contributed by atoms with van der Waals surface area (Å²) in [5, 5.41) is 15.1. The van der Waals surface area contributed by atoms with Crippen LogP contribution in [0.5, 0.6) is 0 Å². The number of nitrogens with two attached hydrogens (primary N) is 2. The number of hydrogen-bond acceptors (Lipinski definition) is 6. The Hall–Kier alpha value is -2.53. The van der Waals surface area contributed by atoms with Crippen LogP contribution in [0, 0.1) is 5.92 Å². The van der Waals surface area contributed by atoms with Crippen LogP contribution in [0.3, 0.4) is 0 Å². The molecule has 0 aromatic heterocycles. The maximum atomic E-state index is 13.3. The number of aliphatic hydroxyl groups is 1. The van der Waals surface area contributed by atoms with E-state index in [4.69, 9.17) is 11.5 Å². The van der Waals surface area contributed by atoms with Crippen molar-refractivity contribution in [3.8, 4) is 0 Å². The Labute approximate surface area is 226 Å². The molecule has 2 amide bonds. The molecular weight excluding hydrogens is 504 g/mol. The van der Waals surface area contributed by atoms with Gasteiger partial charge in [0.15, 0.2) is 0 Å². The number of carbonyl (C=O) groups excluding carboxylic acids is 2. The highest BCUT2D eigenvalue weighted by Gasteiger charge is 2.35. The summed E-state index contributed by atoms with van der Waals surface area (Å²) in [5.41, 5.74) is 12.2. The average molecular weight is 547 g/mol. The smallest absolute Gasteiger partial charge is 0.240 e. The maximum absolute atomic E-state index is 13.3. The van der Waals surface area contributed by atoms with Crippen molar-refractivity contribution >= 4 is 32.6 Å². The molecule has 210 valence electrons. The van der Waals surface area contributed by atoms with Crippen LogP contribution < -0.4 is 16.8 Å². The van der Waals surface area contributed by atoms with Gasteiger partial charge in [0.2, 0.25) is 21.8 Å². The summed E-state index contributed by atoms with van der Waals surface area (Å²) in [4.78, 5) is 26.0. The molecule has 0 spiro atoms. The number of fused-ring (bicyclic) bond motifs is 1. The fraction of sp³-hybridized carbons (Fsp3) is 0.571. The molecule has 1 aliphatic carbocycles. The fourth-order valence-electron chi connectivity index (χ4n) is 5.41. The van der Waals surface area contributed by atoms with Crippen LogP contribution in [0.4, 0.5) is 0 Å². The molecule has 10 heteroatoms. The molecule has 9 nitrogen and oxygen atoms in total. The Morgan fingerprint density at radius 1 is 1.08 bits per heavy atom. The number of aliphatic hydroxyl groups excluding tert-OH is 1. The highest BCUT2D eigenvalue weighted by Crippen LogP contribution is 2.29. The van der Waals surface area contributed by atoms with E-state index < -0.39 is 45.8 Å². The zero-order valence-corrected chi connectivity index (χ0v) is 23.2. The minimum Gasteiger partial charge on any atom is -0.392 e. The van der Waals surface area contributed by atoms with Crippen molar-refractivity contribution in [2.45, 2.75) is 76.0 Å². The number of carbonyl (C=O) groups is 2. The normalized spacial score (nSPS) is 18.4. The fourth-order valence-corrected chi connectivity index (χ4v) is 6.66. The summed E-state index contributed by atoms with van der Waals surface area (Å²) in [6.45, 7) is 1.67. The molecule has 0 heterocycles. The summed E-state index contributed by atoms with van der Waals surface area (Å²) in [5.74, 6) is -2.55. The largest absolute Gasteiger partial charge is 0.392 e. The molecule has 4 atom stereocenters. The second kappa shape index (κ2) is 13.5. The van der Waals surface area contributed by atoms with Crippen molar-refractivity contribution in [3.05, 3.63) is 48.0 Å². The molecular formula is C28H42N4O5S. The van der Waals surface area contributed by atoms with E-state index in [9.17, 15) is 23.1 Å². The van der Waals surface area contributed by atoms with Gasteiger partial charge in [0.05, 0.1) is 12.4 Å². The van der Waals surface area contributed by atoms with E-state index >= 15 is 0 Å². The SMILES string of the molecule is CC(CN(C1CCCCCC1)S(C)(=O)=O)C(=O)NC(C(N)=O)C(CC(O)CN)c1ccc2ccccc2c1. The summed E-state index contributed by atoms with van der Waals surface area (Å²) in [6, 6.07) is 12.2. The van der Waals surface area contributed by atoms with Gasteiger partial charge in [-0.1, -0.05) is 75.1 Å². The molecule has 0 radical (unpaired) electrons. The van der Waals surface area contributed by atoms with Crippen molar-refractivity contribution in [2.75, 3.05) is 19.3 Å². The van der Waals surface area contributed by atoms with E-state index in [2.05, 4.69) is 5.32 Å². The van der Waals surface area contributed by atoms with Crippen LogP contribution in [0.25, 0.3) is 10.8 Å². The Kier molecular flexibility index (Phi) is 10.7. The molecule has 1 saturated carbocycles. The molecule has 3 rings (SSSR count). The van der Waals surface area contributed by atoms with E-state index in [0.29, 0.717) is 0 Å². The molecule has 4 unspecified atom stereocenters. The third-order valence-electron chi connectivity index (χ3n) is 7.57. The van der Waals surface area contributed by atoms with Crippen LogP contribution in [0.2, 0.25) is 0 Å². The number of benzene rings is 2. The van der Waals surface area contributed by atoms with Gasteiger partial charge in [-0.15, -0.1) is 0 Å². The van der Waals surface area contributed by atoms with Crippen LogP contribution in [-0.4, -0.2) is 67.2 Å². The first kappa shape index (κ1) is 30.0. The third-order valence-corrected chi connectivity index (χ3v) is 8.86. The number of hydrogen-bond donors (Lipinski definition) is 4. The van der Waals surface area contributed by atoms with Crippen molar-refractivity contribution in [2.24, 2.45) is 17.4 Å². The van der Waals surface area contributed by atoms with Gasteiger partial charge >= 0.3 is 0 Å². The minimum atomic E-state index is -3.54. The second-order valence-electron chi connectivity index (χ2n) is 10.6. The van der Waals surface area contributed by atoms with Gasteiger partial charge in [-0.05, 0) is 35.6 Å². The number of sulfonamides is 1. The van der Waals surface area contributed by atoms with Gasteiger partial charge in [0, 0.05) is 31.0 Å². The molecule has 1 fully saturated rings. The van der Waals surface area contributed by atoms with Gasteiger partial charge in [-0.2, -0.15) is 4.31 Å². The Balaban J connectivity index is 1.84. The van der Waals surface area contributed by atoms with Gasteiger partial charge < -0.3 is 21.9 Å². The Morgan fingerprint density at radius 2 is 1.71 bits per heavy atom. The lowest BCUT2D eigenvalue weighted by atomic mass is 9.84. The molecule has 2 aromatic rings. The van der Waals surface area contributed by atoms with Crippen LogP contribution in [0.1, 0.15) is 63.4 Å². The molecule has 0 aliphatic heterocycles. The van der Waals surface area contributed by atoms with Gasteiger partial charge in [-0.3, -0.25) is 9.59 Å². The highest BCUT2D eigenvalue weighted by atomic mass is 32.2. The third kappa shape index (κ3) is 7.99. The molecule has 0 bridgehead atoms. The molecule has 2 aromatic carbocycles. The first-order valence-electron chi connectivity index (χ1n) is 13.4. The van der Waals surface area contributed by atoms with Crippen LogP contribution in [0.15, 0.2) is 42.5 Å². The van der Waals surface area contributed by atoms with E-state index in [1.165, 1.54) is 10.6 Å². The Bertz CT molecular complexity index is 1200. The topological polar surface area (TPSA) is 156 Å². The lowest BCUT2D eigenvalue weighted by Gasteiger charge is -2.32. The van der Waals surface area contributed by atoms with Crippen LogP contribution >= 0.6 is 0 Å². The number of amides is 2. The second-order valence-corrected chi connectivity index (χ2v) is 12.5. The molecule has 6 N–H and O–H groups in total. The molecule has 38 heavy (non-hydrogen) atoms. The maximum Gasteiger partial charge on any atom is 0.240 e. The molecule has 0 saturated heterocycles. The van der Waals surface area contributed by atoms with Crippen molar-refractivity contribution < 1.29 is 23.1 Å². The van der Waals surface area contributed by atoms with Crippen molar-refractivity contribution in [1.82, 2.24) is 9.62 Å². The number of rotatable bonds is 12. The van der Waals surface area contributed by atoms with Gasteiger partial charge in [-0.25, -0.2) is 8.42 Å². The number of primary amides is 1. The monoisotopic (exact) mass is 546 g/mol. The Morgan fingerprint density at radius 3 is 2.29 bits per heavy atom. The predicted octanol–water partition coefficient (Wildman–Crippen LogP) is 2.22. The van der Waals surface area contributed by atoms with Gasteiger partial charge in [0.1, 0.15) is 6.04 Å². The highest BCUT2D eigenvalue weighted by molar-refractivity contribution is 7.88. The lowest BCUT2D eigenvalue weighted by Crippen LogP contribution is -2.52. The van der Waals surface area contributed by atoms with Crippen molar-refractivity contribution in [1.29, 1.82) is 0 Å². The number of nitrogens with one attached hydrogen (secondary N) is 1. The zero-order valence-electron chi connectivity index (χ0n) is 22.4. The first-order chi connectivity index (χ1) is 18.0. The summed E-state index contributed by atoms with van der Waals surface area (Å²) in [6.07, 6.45) is 6.01. The van der Waals surface area contributed by atoms with Gasteiger partial charge in [0.25, 0.3) is 0 Å². The van der Waals surface area contributed by atoms with E-state index in [0.717, 1.165) is 54.9 Å². The van der Waals surface area contributed by atoms with Crippen LogP contribution in [-0.2, 0) is 19.6 Å². The van der Waals surface area contributed by atoms with E-state index in [1.807, 2.05) is 42.5 Å². The standard InChI is InChI=1S/C28H42N4O5S/c1-19(18-32(38(2,36)37)23-11-5-3-4-6-12-23)28(35)31-26(27(30)34)25(16-24(33)17-29)22-14-13-20-9-7-8-10-21(20)15-22/h7-10,13-15,19,23-26,33H,3-6,11-12,16-18,29H2,1-2H3,(H2,30,34)(H,31,35). The predicted molar refractivity (Wildman–Crippen MR) is 150 cm³/mol. The zero-order chi connectivity index (χ0) is 27.9. The lowest BCUT2D eigenvalue weighted by molar-refractivity contribution is -0.130.